The molecular formula is C23H26Cl2O9. The van der Waals surface area contributed by atoms with Crippen molar-refractivity contribution in [3.63, 3.8) is 0 Å². The number of aliphatic hydroxyl groups is 3. The average molecular weight is 517 g/mol. The maximum Gasteiger partial charge on any atom is 0.342 e. The molecule has 2 aromatic carbocycles. The Morgan fingerprint density at radius 3 is 2.29 bits per heavy atom. The van der Waals surface area contributed by atoms with Crippen LogP contribution in [0.3, 0.4) is 0 Å². The molecular weight excluding hydrogens is 491 g/mol. The van der Waals surface area contributed by atoms with Crippen LogP contribution in [0.2, 0.25) is 10.0 Å². The van der Waals surface area contributed by atoms with E-state index in [1.165, 1.54) is 14.2 Å². The minimum atomic E-state index is -1.55. The molecule has 0 saturated carbocycles. The number of hydrogen-bond donors (Lipinski definition) is 3. The van der Waals surface area contributed by atoms with E-state index in [9.17, 15) is 20.1 Å². The van der Waals surface area contributed by atoms with Crippen molar-refractivity contribution in [1.82, 2.24) is 0 Å². The molecule has 0 bridgehead atoms. The van der Waals surface area contributed by atoms with Gasteiger partial charge in [0, 0.05) is 7.11 Å². The summed E-state index contributed by atoms with van der Waals surface area (Å²) in [6, 6.07) is 9.38. The Balaban J connectivity index is 1.80. The summed E-state index contributed by atoms with van der Waals surface area (Å²) in [5, 5.41) is 30.1. The van der Waals surface area contributed by atoms with Gasteiger partial charge >= 0.3 is 5.97 Å². The van der Waals surface area contributed by atoms with Crippen molar-refractivity contribution < 1.29 is 43.8 Å². The molecule has 186 valence electrons. The first-order valence-corrected chi connectivity index (χ1v) is 11.1. The first-order chi connectivity index (χ1) is 16.2. The zero-order valence-electron chi connectivity index (χ0n) is 18.7. The lowest BCUT2D eigenvalue weighted by Gasteiger charge is -2.39. The molecule has 9 nitrogen and oxygen atoms in total. The average Bonchev–Trinajstić information content (AvgIpc) is 2.84. The highest BCUT2D eigenvalue weighted by atomic mass is 35.5. The van der Waals surface area contributed by atoms with E-state index in [0.29, 0.717) is 5.56 Å². The SMILES string of the molecule is COc1c(Cl)c(OCc2ccccc2)c(Cl)c(C)c1C(=O)OC[C@H]1O[C@H](OC)[C@H](O)[C@@H](O)[C@@H]1O. The Morgan fingerprint density at radius 2 is 1.68 bits per heavy atom. The third kappa shape index (κ3) is 5.41. The molecule has 3 N–H and O–H groups in total. The van der Waals surface area contributed by atoms with Gasteiger partial charge < -0.3 is 39.0 Å². The van der Waals surface area contributed by atoms with Crippen LogP contribution in [0.4, 0.5) is 0 Å². The van der Waals surface area contributed by atoms with E-state index in [1.54, 1.807) is 6.92 Å². The van der Waals surface area contributed by atoms with Crippen LogP contribution < -0.4 is 9.47 Å². The second kappa shape index (κ2) is 11.5. The second-order valence-corrected chi connectivity index (χ2v) is 8.37. The highest BCUT2D eigenvalue weighted by Crippen LogP contribution is 2.45. The van der Waals surface area contributed by atoms with Crippen LogP contribution in [0.1, 0.15) is 21.5 Å². The Bertz CT molecular complexity index is 1000. The second-order valence-electron chi connectivity index (χ2n) is 7.61. The van der Waals surface area contributed by atoms with E-state index < -0.39 is 43.3 Å². The molecule has 0 spiro atoms. The summed E-state index contributed by atoms with van der Waals surface area (Å²) in [6.07, 6.45) is -6.89. The van der Waals surface area contributed by atoms with Crippen molar-refractivity contribution in [2.45, 2.75) is 44.2 Å². The molecule has 1 heterocycles. The normalized spacial score (nSPS) is 24.5. The summed E-state index contributed by atoms with van der Waals surface area (Å²) < 4.78 is 26.8. The van der Waals surface area contributed by atoms with Crippen LogP contribution in [-0.2, 0) is 20.8 Å². The van der Waals surface area contributed by atoms with Crippen LogP contribution in [0, 0.1) is 6.92 Å². The van der Waals surface area contributed by atoms with E-state index in [4.69, 9.17) is 46.9 Å². The standard InChI is InChI=1S/C23H26Cl2O9/c1-11-14(22(29)33-10-13-17(26)18(27)19(28)23(31-3)34-13)20(30-2)16(25)21(15(11)24)32-9-12-7-5-4-6-8-12/h4-8,13,17-19,23,26-28H,9-10H2,1-3H3/t13-,17-,18+,19-,23+/m1/s1. The van der Waals surface area contributed by atoms with Crippen molar-refractivity contribution in [3.8, 4) is 11.5 Å². The zero-order valence-corrected chi connectivity index (χ0v) is 20.2. The highest BCUT2D eigenvalue weighted by molar-refractivity contribution is 6.39. The number of hydrogen-bond acceptors (Lipinski definition) is 9. The van der Waals surface area contributed by atoms with Crippen LogP contribution >= 0.6 is 23.2 Å². The minimum Gasteiger partial charge on any atom is -0.494 e. The Morgan fingerprint density at radius 1 is 1.00 bits per heavy atom. The van der Waals surface area contributed by atoms with Gasteiger partial charge in [0.2, 0.25) is 0 Å². The maximum absolute atomic E-state index is 12.9. The lowest BCUT2D eigenvalue weighted by molar-refractivity contribution is -0.294. The summed E-state index contributed by atoms with van der Waals surface area (Å²) in [6.45, 7) is 1.33. The van der Waals surface area contributed by atoms with Gasteiger partial charge in [-0.25, -0.2) is 4.79 Å². The number of rotatable bonds is 8. The molecule has 0 aromatic heterocycles. The van der Waals surface area contributed by atoms with Crippen molar-refractivity contribution >= 4 is 29.2 Å². The van der Waals surface area contributed by atoms with Crippen LogP contribution in [0.25, 0.3) is 0 Å². The molecule has 1 aliphatic rings. The fourth-order valence-corrected chi connectivity index (χ4v) is 4.15. The van der Waals surface area contributed by atoms with Gasteiger partial charge in [0.25, 0.3) is 0 Å². The summed E-state index contributed by atoms with van der Waals surface area (Å²) >= 11 is 12.9. The van der Waals surface area contributed by atoms with E-state index in [0.717, 1.165) is 5.56 Å². The Labute approximate surface area is 206 Å². The van der Waals surface area contributed by atoms with Gasteiger partial charge in [0.05, 0.1) is 12.1 Å². The predicted molar refractivity (Wildman–Crippen MR) is 122 cm³/mol. The molecule has 34 heavy (non-hydrogen) atoms. The van der Waals surface area contributed by atoms with Gasteiger partial charge in [-0.15, -0.1) is 0 Å². The third-order valence-corrected chi connectivity index (χ3v) is 6.24. The van der Waals surface area contributed by atoms with Crippen LogP contribution in [0.5, 0.6) is 11.5 Å². The largest absolute Gasteiger partial charge is 0.494 e. The van der Waals surface area contributed by atoms with E-state index >= 15 is 0 Å². The molecule has 0 unspecified atom stereocenters. The number of benzene rings is 2. The van der Waals surface area contributed by atoms with Gasteiger partial charge in [0.1, 0.15) is 48.2 Å². The number of aliphatic hydroxyl groups excluding tert-OH is 3. The van der Waals surface area contributed by atoms with Gasteiger partial charge in [-0.3, -0.25) is 0 Å². The first-order valence-electron chi connectivity index (χ1n) is 10.3. The topological polar surface area (TPSA) is 124 Å². The number of ether oxygens (including phenoxy) is 5. The Hall–Kier alpha value is -2.11. The number of carbonyl (C=O) groups excluding carboxylic acids is 1. The molecule has 5 atom stereocenters. The summed E-state index contributed by atoms with van der Waals surface area (Å²) in [4.78, 5) is 12.9. The van der Waals surface area contributed by atoms with Crippen molar-refractivity contribution in [2.75, 3.05) is 20.8 Å². The molecule has 2 aromatic rings. The fraction of sp³-hybridized carbons (Fsp3) is 0.435. The van der Waals surface area contributed by atoms with Crippen LogP contribution in [-0.4, -0.2) is 72.8 Å². The monoisotopic (exact) mass is 516 g/mol. The van der Waals surface area contributed by atoms with Crippen molar-refractivity contribution in [1.29, 1.82) is 0 Å². The van der Waals surface area contributed by atoms with Gasteiger partial charge in [-0.05, 0) is 18.1 Å². The van der Waals surface area contributed by atoms with E-state index in [1.807, 2.05) is 30.3 Å². The fourth-order valence-electron chi connectivity index (χ4n) is 3.53. The molecule has 0 radical (unpaired) electrons. The summed E-state index contributed by atoms with van der Waals surface area (Å²) in [5.41, 5.74) is 1.17. The van der Waals surface area contributed by atoms with E-state index in [-0.39, 0.29) is 33.7 Å². The quantitative estimate of drug-likeness (QED) is 0.453. The van der Waals surface area contributed by atoms with Gasteiger partial charge in [0.15, 0.2) is 17.8 Å². The summed E-state index contributed by atoms with van der Waals surface area (Å²) in [7, 11) is 2.60. The van der Waals surface area contributed by atoms with Crippen molar-refractivity contribution in [3.05, 3.63) is 57.1 Å². The highest BCUT2D eigenvalue weighted by Gasteiger charge is 2.44. The first kappa shape index (κ1) is 26.5. The number of halogens is 2. The molecule has 1 aliphatic heterocycles. The van der Waals surface area contributed by atoms with Crippen LogP contribution in [0.15, 0.2) is 30.3 Å². The van der Waals surface area contributed by atoms with Gasteiger partial charge in [-0.2, -0.15) is 0 Å². The third-order valence-electron chi connectivity index (χ3n) is 5.44. The van der Waals surface area contributed by atoms with Gasteiger partial charge in [-0.1, -0.05) is 53.5 Å². The Kier molecular flexibility index (Phi) is 9.00. The molecule has 1 saturated heterocycles. The van der Waals surface area contributed by atoms with E-state index in [2.05, 4.69) is 0 Å². The molecule has 0 amide bonds. The predicted octanol–water partition coefficient (Wildman–Crippen LogP) is 2.50. The zero-order chi connectivity index (χ0) is 25.0. The number of esters is 1. The number of methoxy groups -OCH3 is 2. The van der Waals surface area contributed by atoms with Crippen molar-refractivity contribution in [2.24, 2.45) is 0 Å². The molecule has 1 fully saturated rings. The molecule has 3 rings (SSSR count). The molecule has 0 aliphatic carbocycles. The summed E-state index contributed by atoms with van der Waals surface area (Å²) in [5.74, 6) is -0.686. The smallest absolute Gasteiger partial charge is 0.342 e. The minimum absolute atomic E-state index is 0.00645. The lowest BCUT2D eigenvalue weighted by atomic mass is 9.99. The maximum atomic E-state index is 12.9. The number of carbonyl (C=O) groups is 1. The lowest BCUT2D eigenvalue weighted by Crippen LogP contribution is -2.59. The molecule has 11 heteroatoms.